The number of benzene rings is 1. The van der Waals surface area contributed by atoms with E-state index >= 15 is 0 Å². The Morgan fingerprint density at radius 3 is 2.83 bits per heavy atom. The second kappa shape index (κ2) is 6.15. The molecule has 6 rings (SSSR count). The minimum Gasteiger partial charge on any atom is -0.351 e. The van der Waals surface area contributed by atoms with Gasteiger partial charge < -0.3 is 18.9 Å². The largest absolute Gasteiger partial charge is 0.351 e. The van der Waals surface area contributed by atoms with Crippen LogP contribution in [0.25, 0.3) is 5.65 Å². The van der Waals surface area contributed by atoms with Crippen LogP contribution in [0.2, 0.25) is 0 Å². The molecule has 3 fully saturated rings. The lowest BCUT2D eigenvalue weighted by molar-refractivity contribution is -0.138. The molecule has 152 valence electrons. The highest BCUT2D eigenvalue weighted by Crippen LogP contribution is 2.51. The van der Waals surface area contributed by atoms with Crippen LogP contribution in [0, 0.1) is 6.92 Å². The van der Waals surface area contributed by atoms with E-state index in [4.69, 9.17) is 4.74 Å². The molecule has 2 amide bonds. The van der Waals surface area contributed by atoms with Crippen molar-refractivity contribution in [2.24, 2.45) is 0 Å². The van der Waals surface area contributed by atoms with Crippen LogP contribution < -0.4 is 0 Å². The molecular weight excluding hydrogens is 380 g/mol. The molecule has 0 N–H and O–H groups in total. The number of fused-ring (bicyclic) bond motifs is 1. The fourth-order valence-electron chi connectivity index (χ4n) is 5.41. The summed E-state index contributed by atoms with van der Waals surface area (Å²) in [5, 5.41) is 0. The summed E-state index contributed by atoms with van der Waals surface area (Å²) in [6.07, 6.45) is 4.59. The highest BCUT2D eigenvalue weighted by atomic mass is 16.5. The normalized spacial score (nSPS) is 27.7. The summed E-state index contributed by atoms with van der Waals surface area (Å²) in [5.41, 5.74) is 2.55. The number of carbonyl (C=O) groups is 2. The van der Waals surface area contributed by atoms with Crippen LogP contribution in [-0.2, 0) is 9.53 Å². The van der Waals surface area contributed by atoms with E-state index in [1.165, 1.54) is 0 Å². The number of imidazole rings is 1. The minimum atomic E-state index is -0.720. The summed E-state index contributed by atoms with van der Waals surface area (Å²) in [5.74, 6) is -0.0870. The van der Waals surface area contributed by atoms with Crippen molar-refractivity contribution in [3.8, 4) is 0 Å². The minimum absolute atomic E-state index is 0.0506. The molecular formula is C23H22N4O3. The number of pyridine rings is 1. The fraction of sp³-hybridized carbons (Fsp3) is 0.348. The SMILES string of the molecule is Cc1cccn2cc(C(=O)N3CC[C@@]45OC[C@@H](c6ccccc6)N4C(=O)C[C@@H]35)nc12. The van der Waals surface area contributed by atoms with Gasteiger partial charge in [0.1, 0.15) is 11.3 Å². The van der Waals surface area contributed by atoms with Gasteiger partial charge in [-0.25, -0.2) is 4.98 Å². The Morgan fingerprint density at radius 2 is 2.03 bits per heavy atom. The Labute approximate surface area is 173 Å². The second-order valence-corrected chi connectivity index (χ2v) is 8.36. The Kier molecular flexibility index (Phi) is 3.62. The number of rotatable bonds is 2. The predicted octanol–water partition coefficient (Wildman–Crippen LogP) is 2.56. The van der Waals surface area contributed by atoms with Gasteiger partial charge >= 0.3 is 0 Å². The zero-order valence-corrected chi connectivity index (χ0v) is 16.7. The molecule has 30 heavy (non-hydrogen) atoms. The number of ether oxygens (including phenoxy) is 1. The number of carbonyl (C=O) groups excluding carboxylic acids is 2. The molecule has 7 heteroatoms. The molecule has 1 aromatic carbocycles. The van der Waals surface area contributed by atoms with Crippen LogP contribution in [-0.4, -0.2) is 55.9 Å². The predicted molar refractivity (Wildman–Crippen MR) is 109 cm³/mol. The third-order valence-corrected chi connectivity index (χ3v) is 6.80. The molecule has 5 heterocycles. The monoisotopic (exact) mass is 402 g/mol. The molecule has 0 aliphatic carbocycles. The summed E-state index contributed by atoms with van der Waals surface area (Å²) in [7, 11) is 0. The Balaban J connectivity index is 1.33. The number of amides is 2. The van der Waals surface area contributed by atoms with E-state index in [1.807, 2.05) is 64.9 Å². The molecule has 0 unspecified atom stereocenters. The van der Waals surface area contributed by atoms with Crippen molar-refractivity contribution in [1.29, 1.82) is 0 Å². The maximum Gasteiger partial charge on any atom is 0.274 e. The van der Waals surface area contributed by atoms with E-state index in [2.05, 4.69) is 4.98 Å². The lowest BCUT2D eigenvalue weighted by atomic mass is 10.0. The molecule has 3 saturated heterocycles. The summed E-state index contributed by atoms with van der Waals surface area (Å²) in [6.45, 7) is 2.99. The van der Waals surface area contributed by atoms with E-state index in [0.29, 0.717) is 31.7 Å². The highest BCUT2D eigenvalue weighted by Gasteiger charge is 2.65. The third kappa shape index (κ3) is 2.26. The molecule has 0 saturated carbocycles. The van der Waals surface area contributed by atoms with Crippen LogP contribution in [0.15, 0.2) is 54.9 Å². The smallest absolute Gasteiger partial charge is 0.274 e. The van der Waals surface area contributed by atoms with Gasteiger partial charge in [0.15, 0.2) is 5.72 Å². The lowest BCUT2D eigenvalue weighted by Crippen LogP contribution is -2.49. The van der Waals surface area contributed by atoms with Crippen molar-refractivity contribution in [1.82, 2.24) is 19.2 Å². The molecule has 3 aliphatic rings. The van der Waals surface area contributed by atoms with Gasteiger partial charge in [-0.15, -0.1) is 0 Å². The van der Waals surface area contributed by atoms with E-state index in [1.54, 1.807) is 11.1 Å². The summed E-state index contributed by atoms with van der Waals surface area (Å²) in [4.78, 5) is 34.7. The van der Waals surface area contributed by atoms with Crippen LogP contribution >= 0.6 is 0 Å². The van der Waals surface area contributed by atoms with E-state index in [0.717, 1.165) is 16.8 Å². The molecule has 0 radical (unpaired) electrons. The van der Waals surface area contributed by atoms with Gasteiger partial charge in [0.05, 0.1) is 25.1 Å². The average molecular weight is 402 g/mol. The first-order chi connectivity index (χ1) is 14.6. The first-order valence-electron chi connectivity index (χ1n) is 10.3. The van der Waals surface area contributed by atoms with Gasteiger partial charge in [0.2, 0.25) is 5.91 Å². The van der Waals surface area contributed by atoms with Crippen LogP contribution in [0.5, 0.6) is 0 Å². The number of hydrogen-bond acceptors (Lipinski definition) is 4. The number of aryl methyl sites for hydroxylation is 1. The van der Waals surface area contributed by atoms with E-state index in [9.17, 15) is 9.59 Å². The number of aromatic nitrogens is 2. The van der Waals surface area contributed by atoms with Gasteiger partial charge in [-0.1, -0.05) is 36.4 Å². The summed E-state index contributed by atoms with van der Waals surface area (Å²) in [6, 6.07) is 13.5. The maximum atomic E-state index is 13.4. The number of nitrogens with zero attached hydrogens (tertiary/aromatic N) is 4. The van der Waals surface area contributed by atoms with E-state index < -0.39 is 5.72 Å². The van der Waals surface area contributed by atoms with Crippen molar-refractivity contribution in [2.75, 3.05) is 13.2 Å². The van der Waals surface area contributed by atoms with Gasteiger partial charge in [-0.2, -0.15) is 0 Å². The van der Waals surface area contributed by atoms with Crippen molar-refractivity contribution < 1.29 is 14.3 Å². The third-order valence-electron chi connectivity index (χ3n) is 6.80. The van der Waals surface area contributed by atoms with Crippen LogP contribution in [0.3, 0.4) is 0 Å². The van der Waals surface area contributed by atoms with E-state index in [-0.39, 0.29) is 23.9 Å². The summed E-state index contributed by atoms with van der Waals surface area (Å²) < 4.78 is 8.18. The standard InChI is InChI=1S/C23H22N4O3/c1-15-6-5-10-25-13-17(24-21(15)25)22(29)26-11-9-23-19(26)12-20(28)27(23)18(14-30-23)16-7-3-2-4-8-16/h2-8,10,13,18-19H,9,11-12,14H2,1H3/t18-,19+,23-/m0/s1. The van der Waals surface area contributed by atoms with Gasteiger partial charge in [-0.05, 0) is 24.1 Å². The molecule has 3 atom stereocenters. The molecule has 1 spiro atoms. The maximum absolute atomic E-state index is 13.4. The number of hydrogen-bond donors (Lipinski definition) is 0. The van der Waals surface area contributed by atoms with Crippen molar-refractivity contribution in [3.63, 3.8) is 0 Å². The van der Waals surface area contributed by atoms with Crippen molar-refractivity contribution in [3.05, 3.63) is 71.7 Å². The van der Waals surface area contributed by atoms with Crippen molar-refractivity contribution >= 4 is 17.5 Å². The van der Waals surface area contributed by atoms with Crippen LogP contribution in [0.1, 0.15) is 40.5 Å². The fourth-order valence-corrected chi connectivity index (χ4v) is 5.41. The average Bonchev–Trinajstić information content (AvgIpc) is 3.49. The molecule has 0 bridgehead atoms. The summed E-state index contributed by atoms with van der Waals surface area (Å²) >= 11 is 0. The van der Waals surface area contributed by atoms with Gasteiger partial charge in [-0.3, -0.25) is 9.59 Å². The molecule has 3 aliphatic heterocycles. The zero-order valence-electron chi connectivity index (χ0n) is 16.7. The van der Waals surface area contributed by atoms with Gasteiger partial charge in [0.25, 0.3) is 5.91 Å². The number of likely N-dealkylation sites (tertiary alicyclic amines) is 1. The van der Waals surface area contributed by atoms with Crippen molar-refractivity contribution in [2.45, 2.75) is 37.6 Å². The highest BCUT2D eigenvalue weighted by molar-refractivity contribution is 5.95. The Hall–Kier alpha value is -3.19. The quantitative estimate of drug-likeness (QED) is 0.661. The molecule has 2 aromatic heterocycles. The Morgan fingerprint density at radius 1 is 1.20 bits per heavy atom. The van der Waals surface area contributed by atoms with Gasteiger partial charge in [0, 0.05) is 25.4 Å². The second-order valence-electron chi connectivity index (χ2n) is 8.36. The zero-order chi connectivity index (χ0) is 20.5. The Bertz CT molecular complexity index is 1170. The molecule has 7 nitrogen and oxygen atoms in total. The lowest BCUT2D eigenvalue weighted by Gasteiger charge is -2.33. The first kappa shape index (κ1) is 17.7. The topological polar surface area (TPSA) is 67.2 Å². The molecule has 3 aromatic rings. The van der Waals surface area contributed by atoms with Crippen LogP contribution in [0.4, 0.5) is 0 Å². The first-order valence-corrected chi connectivity index (χ1v) is 10.3.